The minimum Gasteiger partial charge on any atom is -0.451 e. The van der Waals surface area contributed by atoms with Gasteiger partial charge in [0.25, 0.3) is 5.91 Å². The third kappa shape index (κ3) is 5.19. The fourth-order valence-corrected chi connectivity index (χ4v) is 5.34. The van der Waals surface area contributed by atoms with Gasteiger partial charge in [0, 0.05) is 21.2 Å². The maximum atomic E-state index is 12.7. The highest BCUT2D eigenvalue weighted by molar-refractivity contribution is 7.80. The van der Waals surface area contributed by atoms with Gasteiger partial charge in [-0.15, -0.1) is 11.3 Å². The molecule has 5 nitrogen and oxygen atoms in total. The van der Waals surface area contributed by atoms with Crippen LogP contribution >= 0.6 is 58.4 Å². The molecular weight excluding hydrogens is 545 g/mol. The molecule has 2 N–H and O–H groups in total. The van der Waals surface area contributed by atoms with E-state index in [0.717, 1.165) is 15.8 Å². The Balaban J connectivity index is 1.37. The van der Waals surface area contributed by atoms with E-state index >= 15 is 0 Å². The largest absolute Gasteiger partial charge is 0.451 e. The average molecular weight is 559 g/mol. The van der Waals surface area contributed by atoms with Gasteiger partial charge in [0.1, 0.15) is 10.8 Å². The number of benzene rings is 3. The first kappa shape index (κ1) is 23.8. The molecule has 35 heavy (non-hydrogen) atoms. The van der Waals surface area contributed by atoms with E-state index in [2.05, 4.69) is 15.6 Å². The molecule has 0 aliphatic rings. The number of carbonyl (C=O) groups excluding carboxylic acids is 1. The summed E-state index contributed by atoms with van der Waals surface area (Å²) in [6.07, 6.45) is 0. The molecule has 2 aromatic heterocycles. The number of nitrogens with one attached hydrogen (secondary N) is 2. The Morgan fingerprint density at radius 3 is 2.57 bits per heavy atom. The number of furan rings is 1. The zero-order valence-corrected chi connectivity index (χ0v) is 21.5. The first-order chi connectivity index (χ1) is 16.9. The van der Waals surface area contributed by atoms with Crippen molar-refractivity contribution in [1.82, 2.24) is 10.3 Å². The highest BCUT2D eigenvalue weighted by Gasteiger charge is 2.18. The molecule has 5 rings (SSSR count). The lowest BCUT2D eigenvalue weighted by Crippen LogP contribution is -2.34. The van der Waals surface area contributed by atoms with Crippen LogP contribution in [0.5, 0.6) is 0 Å². The van der Waals surface area contributed by atoms with Crippen molar-refractivity contribution >= 4 is 85.3 Å². The summed E-state index contributed by atoms with van der Waals surface area (Å²) in [5.74, 6) is 0.0931. The summed E-state index contributed by atoms with van der Waals surface area (Å²) < 4.78 is 6.72. The minimum atomic E-state index is -0.512. The summed E-state index contributed by atoms with van der Waals surface area (Å²) in [4.78, 5) is 17.4. The molecule has 0 saturated carbocycles. The van der Waals surface area contributed by atoms with Crippen molar-refractivity contribution in [2.75, 3.05) is 5.32 Å². The molecule has 0 saturated heterocycles. The smallest absolute Gasteiger partial charge is 0.293 e. The molecule has 5 aromatic rings. The Morgan fingerprint density at radius 2 is 1.77 bits per heavy atom. The number of rotatable bonds is 4. The Hall–Kier alpha value is -2.94. The number of anilines is 1. The van der Waals surface area contributed by atoms with Crippen molar-refractivity contribution in [3.8, 4) is 21.9 Å². The van der Waals surface area contributed by atoms with E-state index in [1.807, 2.05) is 30.3 Å². The number of fused-ring (bicyclic) bond motifs is 1. The summed E-state index contributed by atoms with van der Waals surface area (Å²) in [6.45, 7) is 0. The van der Waals surface area contributed by atoms with Gasteiger partial charge in [-0.05, 0) is 60.7 Å². The van der Waals surface area contributed by atoms with Gasteiger partial charge in [0.05, 0.1) is 20.9 Å². The Labute approximate surface area is 224 Å². The fourth-order valence-electron chi connectivity index (χ4n) is 3.42. The fraction of sp³-hybridized carbons (Fsp3) is 0. The predicted octanol–water partition coefficient (Wildman–Crippen LogP) is 8.31. The third-order valence-electron chi connectivity index (χ3n) is 4.98. The average Bonchev–Trinajstić information content (AvgIpc) is 3.48. The van der Waals surface area contributed by atoms with Crippen LogP contribution in [0.2, 0.25) is 15.1 Å². The summed E-state index contributed by atoms with van der Waals surface area (Å²) in [5.41, 5.74) is 2.77. The van der Waals surface area contributed by atoms with Gasteiger partial charge in [0.2, 0.25) is 0 Å². The van der Waals surface area contributed by atoms with E-state index in [1.165, 1.54) is 11.3 Å². The van der Waals surface area contributed by atoms with Crippen LogP contribution in [-0.2, 0) is 0 Å². The van der Waals surface area contributed by atoms with Crippen LogP contribution in [0.25, 0.3) is 32.1 Å². The van der Waals surface area contributed by atoms with E-state index in [9.17, 15) is 4.79 Å². The van der Waals surface area contributed by atoms with Crippen molar-refractivity contribution in [2.45, 2.75) is 0 Å². The van der Waals surface area contributed by atoms with Gasteiger partial charge in [0.15, 0.2) is 10.9 Å². The SMILES string of the molecule is O=C(NC(=S)Nc1c(Cl)cc(Cl)cc1-c1nc2ccccc2s1)c1ccc(-c2cccc(Cl)c2)o1. The lowest BCUT2D eigenvalue weighted by Gasteiger charge is -2.14. The maximum absolute atomic E-state index is 12.7. The van der Waals surface area contributed by atoms with E-state index in [1.54, 1.807) is 42.5 Å². The highest BCUT2D eigenvalue weighted by Crippen LogP contribution is 2.40. The number of hydrogen-bond donors (Lipinski definition) is 2. The van der Waals surface area contributed by atoms with Gasteiger partial charge in [-0.3, -0.25) is 10.1 Å². The number of amides is 1. The molecule has 0 radical (unpaired) electrons. The number of halogens is 3. The van der Waals surface area contributed by atoms with Crippen molar-refractivity contribution < 1.29 is 9.21 Å². The molecule has 0 atom stereocenters. The second-order valence-electron chi connectivity index (χ2n) is 7.38. The van der Waals surface area contributed by atoms with E-state index < -0.39 is 5.91 Å². The van der Waals surface area contributed by atoms with Gasteiger partial charge in [-0.2, -0.15) is 0 Å². The topological polar surface area (TPSA) is 67.2 Å². The molecule has 2 heterocycles. The van der Waals surface area contributed by atoms with E-state index in [0.29, 0.717) is 37.1 Å². The van der Waals surface area contributed by atoms with Gasteiger partial charge >= 0.3 is 0 Å². The molecular formula is C25H14Cl3N3O2S2. The standard InChI is InChI=1S/C25H14Cl3N3O2S2/c26-14-5-3-4-13(10-14)19-8-9-20(33-19)23(32)31-25(34)30-22-16(11-15(27)12-17(22)28)24-29-18-6-1-2-7-21(18)35-24/h1-12H,(H2,30,31,32,34). The summed E-state index contributed by atoms with van der Waals surface area (Å²) in [5, 5.41) is 7.75. The van der Waals surface area contributed by atoms with Gasteiger partial charge in [-0.25, -0.2) is 4.98 Å². The molecule has 3 aromatic carbocycles. The second kappa shape index (κ2) is 9.97. The molecule has 0 aliphatic carbocycles. The Bertz CT molecular complexity index is 1560. The Kier molecular flexibility index (Phi) is 6.77. The van der Waals surface area contributed by atoms with E-state index in [4.69, 9.17) is 51.4 Å². The van der Waals surface area contributed by atoms with Crippen molar-refractivity contribution in [1.29, 1.82) is 0 Å². The van der Waals surface area contributed by atoms with Crippen LogP contribution in [-0.4, -0.2) is 16.0 Å². The lowest BCUT2D eigenvalue weighted by molar-refractivity contribution is 0.0951. The molecule has 0 aliphatic heterocycles. The maximum Gasteiger partial charge on any atom is 0.293 e. The summed E-state index contributed by atoms with van der Waals surface area (Å²) in [6, 6.07) is 21.5. The Morgan fingerprint density at radius 1 is 0.943 bits per heavy atom. The van der Waals surface area contributed by atoms with Crippen LogP contribution in [0.4, 0.5) is 5.69 Å². The first-order valence-electron chi connectivity index (χ1n) is 10.2. The van der Waals surface area contributed by atoms with Crippen LogP contribution < -0.4 is 10.6 Å². The van der Waals surface area contributed by atoms with Crippen LogP contribution in [0, 0.1) is 0 Å². The zero-order valence-electron chi connectivity index (χ0n) is 17.6. The first-order valence-corrected chi connectivity index (χ1v) is 12.6. The lowest BCUT2D eigenvalue weighted by atomic mass is 10.2. The molecule has 10 heteroatoms. The number of thiocarbonyl (C=S) groups is 1. The summed E-state index contributed by atoms with van der Waals surface area (Å²) in [7, 11) is 0. The van der Waals surface area contributed by atoms with Gasteiger partial charge in [-0.1, -0.05) is 59.1 Å². The quantitative estimate of drug-likeness (QED) is 0.217. The third-order valence-corrected chi connectivity index (χ3v) is 7.01. The van der Waals surface area contributed by atoms with Crippen LogP contribution in [0.15, 0.2) is 77.2 Å². The number of thiazole rings is 1. The molecule has 0 spiro atoms. The number of hydrogen-bond acceptors (Lipinski definition) is 5. The monoisotopic (exact) mass is 557 g/mol. The van der Waals surface area contributed by atoms with Crippen LogP contribution in [0.3, 0.4) is 0 Å². The van der Waals surface area contributed by atoms with E-state index in [-0.39, 0.29) is 10.9 Å². The molecule has 0 fully saturated rings. The normalized spacial score (nSPS) is 10.9. The van der Waals surface area contributed by atoms with Crippen LogP contribution in [0.1, 0.15) is 10.6 Å². The molecule has 0 unspecified atom stereocenters. The number of para-hydroxylation sites is 1. The van der Waals surface area contributed by atoms with Crippen molar-refractivity contribution in [3.05, 3.63) is 93.6 Å². The van der Waals surface area contributed by atoms with Crippen molar-refractivity contribution in [3.63, 3.8) is 0 Å². The molecule has 0 bridgehead atoms. The number of nitrogens with zero attached hydrogens (tertiary/aromatic N) is 1. The van der Waals surface area contributed by atoms with Crippen molar-refractivity contribution in [2.24, 2.45) is 0 Å². The van der Waals surface area contributed by atoms with Gasteiger partial charge < -0.3 is 9.73 Å². The second-order valence-corrected chi connectivity index (χ2v) is 10.1. The number of aromatic nitrogens is 1. The molecule has 1 amide bonds. The minimum absolute atomic E-state index is 0.0438. The highest BCUT2D eigenvalue weighted by atomic mass is 35.5. The predicted molar refractivity (Wildman–Crippen MR) is 148 cm³/mol. The zero-order chi connectivity index (χ0) is 24.5. The summed E-state index contributed by atoms with van der Waals surface area (Å²) >= 11 is 25.7. The molecule has 174 valence electrons. The number of carbonyl (C=O) groups is 1.